The molecule has 94 valence electrons. The maximum atomic E-state index is 5.69. The van der Waals surface area contributed by atoms with Crippen LogP contribution in [0.2, 0.25) is 0 Å². The summed E-state index contributed by atoms with van der Waals surface area (Å²) in [7, 11) is 0. The first kappa shape index (κ1) is 12.2. The van der Waals surface area contributed by atoms with Crippen molar-refractivity contribution in [1.29, 1.82) is 0 Å². The van der Waals surface area contributed by atoms with Gasteiger partial charge in [-0.05, 0) is 41.1 Å². The summed E-state index contributed by atoms with van der Waals surface area (Å²) < 4.78 is 1.11. The van der Waals surface area contributed by atoms with E-state index in [4.69, 9.17) is 5.73 Å². The molecule has 1 aliphatic heterocycles. The first-order valence-electron chi connectivity index (χ1n) is 6.06. The van der Waals surface area contributed by atoms with Gasteiger partial charge in [0.2, 0.25) is 0 Å². The molecule has 0 unspecified atom stereocenters. The number of fused-ring (bicyclic) bond motifs is 1. The Bertz CT molecular complexity index is 565. The summed E-state index contributed by atoms with van der Waals surface area (Å²) in [5, 5.41) is 2.20. The Kier molecular flexibility index (Phi) is 3.41. The van der Waals surface area contributed by atoms with Crippen LogP contribution in [0.15, 0.2) is 34.1 Å². The topological polar surface area (TPSA) is 29.3 Å². The van der Waals surface area contributed by atoms with E-state index in [0.717, 1.165) is 29.5 Å². The zero-order valence-electron chi connectivity index (χ0n) is 10.0. The van der Waals surface area contributed by atoms with Crippen molar-refractivity contribution in [3.8, 4) is 0 Å². The van der Waals surface area contributed by atoms with E-state index in [1.54, 1.807) is 4.88 Å². The van der Waals surface area contributed by atoms with Gasteiger partial charge in [-0.2, -0.15) is 0 Å². The van der Waals surface area contributed by atoms with Crippen LogP contribution in [0, 0.1) is 0 Å². The van der Waals surface area contributed by atoms with Gasteiger partial charge >= 0.3 is 0 Å². The summed E-state index contributed by atoms with van der Waals surface area (Å²) in [6.07, 6.45) is 1.16. The van der Waals surface area contributed by atoms with Gasteiger partial charge in [-0.3, -0.25) is 0 Å². The normalized spacial score (nSPS) is 14.7. The summed E-state index contributed by atoms with van der Waals surface area (Å²) in [6.45, 7) is 2.70. The summed E-state index contributed by atoms with van der Waals surface area (Å²) in [4.78, 5) is 3.98. The van der Waals surface area contributed by atoms with E-state index in [2.05, 4.69) is 50.5 Å². The maximum absolute atomic E-state index is 5.69. The number of rotatable bonds is 2. The van der Waals surface area contributed by atoms with Crippen LogP contribution in [0.25, 0.3) is 0 Å². The number of hydrogen-bond acceptors (Lipinski definition) is 3. The molecule has 0 amide bonds. The summed E-state index contributed by atoms with van der Waals surface area (Å²) >= 11 is 5.47. The molecule has 18 heavy (non-hydrogen) atoms. The van der Waals surface area contributed by atoms with Gasteiger partial charge in [-0.15, -0.1) is 11.3 Å². The number of benzene rings is 1. The fourth-order valence-electron chi connectivity index (χ4n) is 2.37. The lowest BCUT2D eigenvalue weighted by atomic mass is 10.1. The van der Waals surface area contributed by atoms with Crippen molar-refractivity contribution in [2.75, 3.05) is 11.4 Å². The quantitative estimate of drug-likeness (QED) is 0.916. The molecule has 1 aliphatic rings. The SMILES string of the molecule is NCc1ccc(N2CCc3sccc3C2)cc1Br. The zero-order chi connectivity index (χ0) is 12.5. The van der Waals surface area contributed by atoms with Crippen molar-refractivity contribution < 1.29 is 0 Å². The number of nitrogens with two attached hydrogens (primary N) is 1. The molecule has 0 atom stereocenters. The number of nitrogens with zero attached hydrogens (tertiary/aromatic N) is 1. The second-order valence-electron chi connectivity index (χ2n) is 4.52. The van der Waals surface area contributed by atoms with E-state index in [0.29, 0.717) is 6.54 Å². The number of anilines is 1. The molecule has 0 saturated heterocycles. The van der Waals surface area contributed by atoms with Crippen molar-refractivity contribution in [2.24, 2.45) is 5.73 Å². The second-order valence-corrected chi connectivity index (χ2v) is 6.38. The third kappa shape index (κ3) is 2.20. The van der Waals surface area contributed by atoms with Gasteiger partial charge in [0.1, 0.15) is 0 Å². The van der Waals surface area contributed by atoms with Gasteiger partial charge in [-0.25, -0.2) is 0 Å². The van der Waals surface area contributed by atoms with Crippen LogP contribution in [0.3, 0.4) is 0 Å². The molecule has 1 aromatic heterocycles. The highest BCUT2D eigenvalue weighted by Gasteiger charge is 2.17. The highest BCUT2D eigenvalue weighted by molar-refractivity contribution is 9.10. The van der Waals surface area contributed by atoms with Crippen LogP contribution in [0.5, 0.6) is 0 Å². The van der Waals surface area contributed by atoms with E-state index in [-0.39, 0.29) is 0 Å². The van der Waals surface area contributed by atoms with Gasteiger partial charge in [0.05, 0.1) is 0 Å². The molecule has 2 heterocycles. The fraction of sp³-hybridized carbons (Fsp3) is 0.286. The summed E-state index contributed by atoms with van der Waals surface area (Å²) in [5.74, 6) is 0. The van der Waals surface area contributed by atoms with E-state index in [1.165, 1.54) is 11.3 Å². The van der Waals surface area contributed by atoms with Crippen LogP contribution in [0.4, 0.5) is 5.69 Å². The van der Waals surface area contributed by atoms with Crippen molar-refractivity contribution in [1.82, 2.24) is 0 Å². The Morgan fingerprint density at radius 2 is 2.22 bits per heavy atom. The van der Waals surface area contributed by atoms with Crippen molar-refractivity contribution in [3.05, 3.63) is 50.1 Å². The molecular formula is C14H15BrN2S. The minimum absolute atomic E-state index is 0.579. The Hall–Kier alpha value is -0.840. The van der Waals surface area contributed by atoms with Crippen LogP contribution in [0.1, 0.15) is 16.0 Å². The van der Waals surface area contributed by atoms with Crippen molar-refractivity contribution >= 4 is 33.0 Å². The lowest BCUT2D eigenvalue weighted by Gasteiger charge is -2.29. The standard InChI is InChI=1S/C14H15BrN2S/c15-13-7-12(2-1-10(13)8-16)17-5-3-14-11(9-17)4-6-18-14/h1-2,4,6-7H,3,5,8-9,16H2. The summed E-state index contributed by atoms with van der Waals surface area (Å²) in [5.41, 5.74) is 9.60. The molecule has 0 spiro atoms. The average Bonchev–Trinajstić information content (AvgIpc) is 2.85. The molecule has 0 aliphatic carbocycles. The first-order chi connectivity index (χ1) is 8.78. The average molecular weight is 323 g/mol. The fourth-order valence-corrected chi connectivity index (χ4v) is 3.79. The number of halogens is 1. The van der Waals surface area contributed by atoms with Crippen LogP contribution in [-0.4, -0.2) is 6.54 Å². The molecule has 2 aromatic rings. The van der Waals surface area contributed by atoms with Gasteiger partial charge in [-0.1, -0.05) is 22.0 Å². The third-order valence-corrected chi connectivity index (χ3v) is 5.19. The smallest absolute Gasteiger partial charge is 0.0440 e. The third-order valence-electron chi connectivity index (χ3n) is 3.43. The molecule has 0 saturated carbocycles. The second kappa shape index (κ2) is 5.03. The summed E-state index contributed by atoms with van der Waals surface area (Å²) in [6, 6.07) is 8.71. The lowest BCUT2D eigenvalue weighted by molar-refractivity contribution is 0.743. The molecule has 0 radical (unpaired) electrons. The zero-order valence-corrected chi connectivity index (χ0v) is 12.4. The van der Waals surface area contributed by atoms with E-state index in [1.807, 2.05) is 11.3 Å². The van der Waals surface area contributed by atoms with Crippen LogP contribution < -0.4 is 10.6 Å². The van der Waals surface area contributed by atoms with Gasteiger partial charge in [0.25, 0.3) is 0 Å². The lowest BCUT2D eigenvalue weighted by Crippen LogP contribution is -2.29. The minimum Gasteiger partial charge on any atom is -0.367 e. The highest BCUT2D eigenvalue weighted by Crippen LogP contribution is 2.30. The predicted molar refractivity (Wildman–Crippen MR) is 81.1 cm³/mol. The monoisotopic (exact) mass is 322 g/mol. The van der Waals surface area contributed by atoms with Gasteiger partial charge in [0.15, 0.2) is 0 Å². The number of thiophene rings is 1. The molecule has 2 nitrogen and oxygen atoms in total. The van der Waals surface area contributed by atoms with Crippen molar-refractivity contribution in [2.45, 2.75) is 19.5 Å². The molecule has 1 aromatic carbocycles. The molecule has 0 fully saturated rings. The van der Waals surface area contributed by atoms with Crippen LogP contribution >= 0.6 is 27.3 Å². The Morgan fingerprint density at radius 1 is 1.33 bits per heavy atom. The molecule has 3 rings (SSSR count). The molecule has 2 N–H and O–H groups in total. The van der Waals surface area contributed by atoms with Gasteiger partial charge < -0.3 is 10.6 Å². The molecule has 4 heteroatoms. The van der Waals surface area contributed by atoms with Crippen LogP contribution in [-0.2, 0) is 19.5 Å². The van der Waals surface area contributed by atoms with Gasteiger partial charge in [0, 0.05) is 34.7 Å². The maximum Gasteiger partial charge on any atom is 0.0440 e. The Labute approximate surface area is 120 Å². The predicted octanol–water partition coefficient (Wildman–Crippen LogP) is 3.53. The van der Waals surface area contributed by atoms with E-state index >= 15 is 0 Å². The Morgan fingerprint density at radius 3 is 3.00 bits per heavy atom. The number of hydrogen-bond donors (Lipinski definition) is 1. The van der Waals surface area contributed by atoms with Crippen molar-refractivity contribution in [3.63, 3.8) is 0 Å². The highest BCUT2D eigenvalue weighted by atomic mass is 79.9. The molecular weight excluding hydrogens is 308 g/mol. The van der Waals surface area contributed by atoms with E-state index < -0.39 is 0 Å². The molecule has 0 bridgehead atoms. The first-order valence-corrected chi connectivity index (χ1v) is 7.74. The Balaban J connectivity index is 1.86. The largest absolute Gasteiger partial charge is 0.367 e. The van der Waals surface area contributed by atoms with E-state index in [9.17, 15) is 0 Å². The minimum atomic E-state index is 0.579.